The van der Waals surface area contributed by atoms with E-state index in [1.54, 1.807) is 26.5 Å². The first-order valence-corrected chi connectivity index (χ1v) is 6.66. The van der Waals surface area contributed by atoms with Gasteiger partial charge in [-0.2, -0.15) is 0 Å². The molecule has 2 aromatic rings. The Balaban J connectivity index is 2.15. The highest BCUT2D eigenvalue weighted by Crippen LogP contribution is 2.31. The van der Waals surface area contributed by atoms with E-state index in [0.29, 0.717) is 29.3 Å². The first-order chi connectivity index (χ1) is 10.7. The lowest BCUT2D eigenvalue weighted by molar-refractivity contribution is 0.0600. The average molecular weight is 302 g/mol. The fourth-order valence-corrected chi connectivity index (χ4v) is 2.06. The molecule has 0 unspecified atom stereocenters. The Bertz CT molecular complexity index is 658. The number of para-hydroxylation sites is 1. The molecule has 0 saturated carbocycles. The fourth-order valence-electron chi connectivity index (χ4n) is 2.06. The average Bonchev–Trinajstić information content (AvgIpc) is 2.58. The summed E-state index contributed by atoms with van der Waals surface area (Å²) < 4.78 is 15.3. The molecule has 1 aromatic carbocycles. The van der Waals surface area contributed by atoms with Crippen LogP contribution in [0.15, 0.2) is 36.7 Å². The molecule has 116 valence electrons. The number of methoxy groups -OCH3 is 3. The Morgan fingerprint density at radius 2 is 2.00 bits per heavy atom. The first kappa shape index (κ1) is 15.6. The van der Waals surface area contributed by atoms with Crippen LogP contribution >= 0.6 is 0 Å². The van der Waals surface area contributed by atoms with Gasteiger partial charge in [-0.25, -0.2) is 4.79 Å². The Morgan fingerprint density at radius 3 is 2.68 bits per heavy atom. The molecule has 0 aliphatic carbocycles. The fraction of sp³-hybridized carbons (Fsp3) is 0.250. The van der Waals surface area contributed by atoms with Crippen LogP contribution in [0.25, 0.3) is 0 Å². The zero-order chi connectivity index (χ0) is 15.9. The van der Waals surface area contributed by atoms with E-state index in [-0.39, 0.29) is 0 Å². The molecule has 0 fully saturated rings. The van der Waals surface area contributed by atoms with Gasteiger partial charge in [0.25, 0.3) is 0 Å². The highest BCUT2D eigenvalue weighted by atomic mass is 16.5. The number of ether oxygens (including phenoxy) is 3. The first-order valence-electron chi connectivity index (χ1n) is 6.66. The summed E-state index contributed by atoms with van der Waals surface area (Å²) in [5.74, 6) is 0.924. The van der Waals surface area contributed by atoms with Crippen LogP contribution in [0.3, 0.4) is 0 Å². The number of hydrogen-bond donors (Lipinski definition) is 1. The maximum Gasteiger partial charge on any atom is 0.339 e. The van der Waals surface area contributed by atoms with Crippen LogP contribution in [0.5, 0.6) is 11.5 Å². The number of carbonyl (C=O) groups excluding carboxylic acids is 1. The molecule has 1 aromatic heterocycles. The molecule has 0 spiro atoms. The van der Waals surface area contributed by atoms with E-state index in [4.69, 9.17) is 9.47 Å². The van der Waals surface area contributed by atoms with Gasteiger partial charge in [-0.1, -0.05) is 12.1 Å². The van der Waals surface area contributed by atoms with E-state index in [1.165, 1.54) is 13.3 Å². The summed E-state index contributed by atoms with van der Waals surface area (Å²) in [4.78, 5) is 15.5. The lowest BCUT2D eigenvalue weighted by Crippen LogP contribution is -2.06. The van der Waals surface area contributed by atoms with Crippen molar-refractivity contribution in [3.05, 3.63) is 47.8 Å². The smallest absolute Gasteiger partial charge is 0.339 e. The minimum absolute atomic E-state index is 0.394. The lowest BCUT2D eigenvalue weighted by Gasteiger charge is -2.13. The summed E-state index contributed by atoms with van der Waals surface area (Å²) in [6.07, 6.45) is 3.10. The van der Waals surface area contributed by atoms with E-state index in [1.807, 2.05) is 18.2 Å². The zero-order valence-electron chi connectivity index (χ0n) is 12.8. The van der Waals surface area contributed by atoms with E-state index in [9.17, 15) is 4.79 Å². The van der Waals surface area contributed by atoms with Crippen LogP contribution in [0.1, 0.15) is 15.9 Å². The number of hydrogen-bond acceptors (Lipinski definition) is 6. The van der Waals surface area contributed by atoms with Crippen molar-refractivity contribution in [1.29, 1.82) is 0 Å². The zero-order valence-corrected chi connectivity index (χ0v) is 12.8. The SMILES string of the molecule is COC(=O)c1cncc(NCc2cccc(OC)c2OC)c1. The van der Waals surface area contributed by atoms with Crippen molar-refractivity contribution in [2.45, 2.75) is 6.54 Å². The standard InChI is InChI=1S/C16H18N2O4/c1-20-14-6-4-5-11(15(14)21-2)9-18-13-7-12(8-17-10-13)16(19)22-3/h4-8,10,18H,9H2,1-3H3. The van der Waals surface area contributed by atoms with Crippen molar-refractivity contribution in [3.63, 3.8) is 0 Å². The summed E-state index contributed by atoms with van der Waals surface area (Å²) in [6.45, 7) is 0.507. The molecule has 2 rings (SSSR count). The Kier molecular flexibility index (Phi) is 5.19. The van der Waals surface area contributed by atoms with E-state index >= 15 is 0 Å². The number of esters is 1. The number of rotatable bonds is 6. The van der Waals surface area contributed by atoms with Crippen molar-refractivity contribution >= 4 is 11.7 Å². The second-order valence-corrected chi connectivity index (χ2v) is 4.46. The van der Waals surface area contributed by atoms with Crippen molar-refractivity contribution in [2.75, 3.05) is 26.6 Å². The topological polar surface area (TPSA) is 69.7 Å². The van der Waals surface area contributed by atoms with Gasteiger partial charge in [-0.3, -0.25) is 4.98 Å². The van der Waals surface area contributed by atoms with Crippen LogP contribution in [-0.2, 0) is 11.3 Å². The van der Waals surface area contributed by atoms with Crippen molar-refractivity contribution in [3.8, 4) is 11.5 Å². The Hall–Kier alpha value is -2.76. The molecule has 1 N–H and O–H groups in total. The molecule has 0 radical (unpaired) electrons. The van der Waals surface area contributed by atoms with E-state index in [0.717, 1.165) is 5.56 Å². The predicted molar refractivity (Wildman–Crippen MR) is 82.4 cm³/mol. The molecule has 6 nitrogen and oxygen atoms in total. The third-order valence-electron chi connectivity index (χ3n) is 3.13. The highest BCUT2D eigenvalue weighted by molar-refractivity contribution is 5.89. The molecule has 0 amide bonds. The van der Waals surface area contributed by atoms with Gasteiger partial charge in [0.1, 0.15) is 0 Å². The second kappa shape index (κ2) is 7.31. The normalized spacial score (nSPS) is 9.95. The van der Waals surface area contributed by atoms with Crippen LogP contribution in [0.2, 0.25) is 0 Å². The molecule has 6 heteroatoms. The molecule has 0 aliphatic heterocycles. The van der Waals surface area contributed by atoms with Gasteiger partial charge in [-0.15, -0.1) is 0 Å². The third-order valence-corrected chi connectivity index (χ3v) is 3.13. The molecular weight excluding hydrogens is 284 g/mol. The largest absolute Gasteiger partial charge is 0.493 e. The number of pyridine rings is 1. The number of benzene rings is 1. The van der Waals surface area contributed by atoms with Crippen molar-refractivity contribution < 1.29 is 19.0 Å². The summed E-state index contributed by atoms with van der Waals surface area (Å²) >= 11 is 0. The maximum atomic E-state index is 11.5. The quantitative estimate of drug-likeness (QED) is 0.827. The number of nitrogens with zero attached hydrogens (tertiary/aromatic N) is 1. The lowest BCUT2D eigenvalue weighted by atomic mass is 10.1. The molecule has 0 atom stereocenters. The monoisotopic (exact) mass is 302 g/mol. The van der Waals surface area contributed by atoms with Crippen molar-refractivity contribution in [2.24, 2.45) is 0 Å². The van der Waals surface area contributed by atoms with Gasteiger partial charge in [0.05, 0.1) is 32.6 Å². The third kappa shape index (κ3) is 3.46. The summed E-state index contributed by atoms with van der Waals surface area (Å²) in [7, 11) is 4.53. The number of nitrogens with one attached hydrogen (secondary N) is 1. The number of carbonyl (C=O) groups is 1. The van der Waals surface area contributed by atoms with Crippen LogP contribution in [0.4, 0.5) is 5.69 Å². The molecule has 0 saturated heterocycles. The van der Waals surface area contributed by atoms with Gasteiger partial charge < -0.3 is 19.5 Å². The molecule has 0 aliphatic rings. The molecule has 1 heterocycles. The van der Waals surface area contributed by atoms with Crippen LogP contribution < -0.4 is 14.8 Å². The maximum absolute atomic E-state index is 11.5. The van der Waals surface area contributed by atoms with Gasteiger partial charge in [0, 0.05) is 24.5 Å². The van der Waals surface area contributed by atoms with Gasteiger partial charge >= 0.3 is 5.97 Å². The van der Waals surface area contributed by atoms with Gasteiger partial charge in [0.15, 0.2) is 11.5 Å². The Labute approximate surface area is 129 Å². The van der Waals surface area contributed by atoms with Gasteiger partial charge in [0.2, 0.25) is 0 Å². The molecule has 22 heavy (non-hydrogen) atoms. The summed E-state index contributed by atoms with van der Waals surface area (Å²) in [5, 5.41) is 3.20. The summed E-state index contributed by atoms with van der Waals surface area (Å²) in [6, 6.07) is 7.35. The Morgan fingerprint density at radius 1 is 1.18 bits per heavy atom. The minimum atomic E-state index is -0.421. The van der Waals surface area contributed by atoms with Crippen molar-refractivity contribution in [1.82, 2.24) is 4.98 Å². The highest BCUT2D eigenvalue weighted by Gasteiger charge is 2.10. The van der Waals surface area contributed by atoms with Crippen LogP contribution in [-0.4, -0.2) is 32.3 Å². The number of aromatic nitrogens is 1. The predicted octanol–water partition coefficient (Wildman–Crippen LogP) is 2.50. The van der Waals surface area contributed by atoms with Crippen LogP contribution in [0, 0.1) is 0 Å². The minimum Gasteiger partial charge on any atom is -0.493 e. The second-order valence-electron chi connectivity index (χ2n) is 4.46. The summed E-state index contributed by atoms with van der Waals surface area (Å²) in [5.41, 5.74) is 2.04. The molecule has 0 bridgehead atoms. The number of anilines is 1. The molecular formula is C16H18N2O4. The van der Waals surface area contributed by atoms with E-state index < -0.39 is 5.97 Å². The van der Waals surface area contributed by atoms with E-state index in [2.05, 4.69) is 15.0 Å². The van der Waals surface area contributed by atoms with Gasteiger partial charge in [-0.05, 0) is 12.1 Å².